The van der Waals surface area contributed by atoms with Gasteiger partial charge in [-0.2, -0.15) is 0 Å². The van der Waals surface area contributed by atoms with E-state index in [4.69, 9.17) is 4.84 Å². The fourth-order valence-corrected chi connectivity index (χ4v) is 4.67. The maximum absolute atomic E-state index is 12.7. The van der Waals surface area contributed by atoms with Crippen molar-refractivity contribution in [2.45, 2.75) is 38.5 Å². The predicted octanol–water partition coefficient (Wildman–Crippen LogP) is 2.83. The number of aromatic nitrogens is 1. The van der Waals surface area contributed by atoms with E-state index < -0.39 is 0 Å². The zero-order valence-electron chi connectivity index (χ0n) is 15.7. The molecule has 27 heavy (non-hydrogen) atoms. The highest BCUT2D eigenvalue weighted by atomic mass is 32.1. The number of carbonyl (C=O) groups excluding carboxylic acids is 1. The van der Waals surface area contributed by atoms with Gasteiger partial charge in [-0.15, -0.1) is 11.3 Å². The van der Waals surface area contributed by atoms with Gasteiger partial charge < -0.3 is 9.74 Å². The second-order valence-electron chi connectivity index (χ2n) is 7.44. The molecular weight excluding hydrogens is 360 g/mol. The number of amides is 1. The molecule has 1 amide bonds. The molecule has 4 heterocycles. The van der Waals surface area contributed by atoms with E-state index in [-0.39, 0.29) is 11.5 Å². The topological polar surface area (TPSA) is 58.0 Å². The third-order valence-corrected chi connectivity index (χ3v) is 6.11. The largest absolute Gasteiger partial charge is 0.387 e. The van der Waals surface area contributed by atoms with Crippen molar-refractivity contribution in [3.05, 3.63) is 52.0 Å². The Morgan fingerprint density at radius 2 is 2.26 bits per heavy atom. The summed E-state index contributed by atoms with van der Waals surface area (Å²) in [5.41, 5.74) is 1.03. The quantitative estimate of drug-likeness (QED) is 0.795. The van der Waals surface area contributed by atoms with Crippen LogP contribution in [0, 0.1) is 6.92 Å². The predicted molar refractivity (Wildman–Crippen MR) is 106 cm³/mol. The van der Waals surface area contributed by atoms with Gasteiger partial charge >= 0.3 is 0 Å². The number of nitrogens with zero attached hydrogens (tertiary/aromatic N) is 4. The lowest BCUT2D eigenvalue weighted by molar-refractivity contribution is -0.123. The van der Waals surface area contributed by atoms with Gasteiger partial charge in [0.2, 0.25) is 0 Å². The van der Waals surface area contributed by atoms with Crippen LogP contribution in [0.5, 0.6) is 0 Å². The molecule has 1 fully saturated rings. The third-order valence-electron chi connectivity index (χ3n) is 5.13. The van der Waals surface area contributed by atoms with Crippen LogP contribution < -0.4 is 0 Å². The Morgan fingerprint density at radius 3 is 3.00 bits per heavy atom. The first-order chi connectivity index (χ1) is 13.0. The number of hydrogen-bond acceptors (Lipinski definition) is 6. The van der Waals surface area contributed by atoms with Crippen molar-refractivity contribution >= 4 is 23.0 Å². The summed E-state index contributed by atoms with van der Waals surface area (Å²) in [7, 11) is 1.78. The van der Waals surface area contributed by atoms with Gasteiger partial charge in [-0.25, -0.2) is 0 Å². The lowest BCUT2D eigenvalue weighted by Gasteiger charge is -2.22. The smallest absolute Gasteiger partial charge is 0.271 e. The Hall–Kier alpha value is -2.25. The van der Waals surface area contributed by atoms with Gasteiger partial charge in [0.15, 0.2) is 5.60 Å². The summed E-state index contributed by atoms with van der Waals surface area (Å²) in [5.74, 6) is -0.0788. The first kappa shape index (κ1) is 18.1. The Bertz CT molecular complexity index is 851. The average molecular weight is 385 g/mol. The van der Waals surface area contributed by atoms with Crippen LogP contribution in [0.3, 0.4) is 0 Å². The molecule has 1 saturated heterocycles. The van der Waals surface area contributed by atoms with Crippen LogP contribution in [0.1, 0.15) is 28.3 Å². The van der Waals surface area contributed by atoms with E-state index in [1.807, 2.05) is 29.5 Å². The molecule has 2 aromatic rings. The molecule has 142 valence electrons. The van der Waals surface area contributed by atoms with Crippen molar-refractivity contribution in [2.75, 3.05) is 20.1 Å². The standard InChI is InChI=1S/C20H24N4O2S/c1-15-6-7-17(27-15)13-24-10-8-20(14-24)11-18(22-26-20)19(25)23(2)12-16-5-3-4-9-21-16/h3-7,9H,8,10-14H2,1-2H3/t20-/m1/s1. The molecule has 6 nitrogen and oxygen atoms in total. The van der Waals surface area contributed by atoms with Gasteiger partial charge in [0, 0.05) is 55.5 Å². The molecule has 2 aromatic heterocycles. The minimum absolute atomic E-state index is 0.0788. The zero-order valence-corrected chi connectivity index (χ0v) is 16.5. The lowest BCUT2D eigenvalue weighted by atomic mass is 9.96. The maximum atomic E-state index is 12.7. The maximum Gasteiger partial charge on any atom is 0.271 e. The number of likely N-dealkylation sites (tertiary alicyclic amines) is 1. The first-order valence-electron chi connectivity index (χ1n) is 9.21. The molecule has 1 spiro atoms. The van der Waals surface area contributed by atoms with Crippen LogP contribution >= 0.6 is 11.3 Å². The minimum Gasteiger partial charge on any atom is -0.387 e. The van der Waals surface area contributed by atoms with E-state index in [1.54, 1.807) is 18.1 Å². The van der Waals surface area contributed by atoms with Crippen LogP contribution in [0.15, 0.2) is 41.7 Å². The SMILES string of the molecule is Cc1ccc(CN2CC[C@@]3(CC(C(=O)N(C)Cc4ccccn4)=NO3)C2)s1. The molecule has 2 aliphatic heterocycles. The van der Waals surface area contributed by atoms with Crippen LogP contribution in [-0.2, 0) is 22.7 Å². The molecule has 0 unspecified atom stereocenters. The van der Waals surface area contributed by atoms with Crippen molar-refractivity contribution in [1.82, 2.24) is 14.8 Å². The van der Waals surface area contributed by atoms with Crippen LogP contribution in [0.4, 0.5) is 0 Å². The lowest BCUT2D eigenvalue weighted by Crippen LogP contribution is -2.37. The summed E-state index contributed by atoms with van der Waals surface area (Å²) < 4.78 is 0. The van der Waals surface area contributed by atoms with Gasteiger partial charge in [0.1, 0.15) is 5.71 Å². The second kappa shape index (κ2) is 7.40. The summed E-state index contributed by atoms with van der Waals surface area (Å²) in [5, 5.41) is 4.16. The number of rotatable bonds is 5. The second-order valence-corrected chi connectivity index (χ2v) is 8.82. The summed E-state index contributed by atoms with van der Waals surface area (Å²) in [6, 6.07) is 10.1. The summed E-state index contributed by atoms with van der Waals surface area (Å²) >= 11 is 1.84. The van der Waals surface area contributed by atoms with Crippen molar-refractivity contribution in [3.63, 3.8) is 0 Å². The fraction of sp³-hybridized carbons (Fsp3) is 0.450. The highest BCUT2D eigenvalue weighted by Crippen LogP contribution is 2.35. The minimum atomic E-state index is -0.344. The van der Waals surface area contributed by atoms with Crippen molar-refractivity contribution in [3.8, 4) is 0 Å². The highest BCUT2D eigenvalue weighted by Gasteiger charge is 2.47. The van der Waals surface area contributed by atoms with E-state index in [9.17, 15) is 4.79 Å². The Labute approximate surface area is 163 Å². The monoisotopic (exact) mass is 384 g/mol. The van der Waals surface area contributed by atoms with E-state index >= 15 is 0 Å². The molecule has 1 atom stereocenters. The zero-order chi connectivity index (χ0) is 18.9. The molecular formula is C20H24N4O2S. The Morgan fingerprint density at radius 1 is 1.37 bits per heavy atom. The number of carbonyl (C=O) groups is 1. The van der Waals surface area contributed by atoms with Gasteiger partial charge in [0.25, 0.3) is 5.91 Å². The summed E-state index contributed by atoms with van der Waals surface area (Å²) in [6.45, 7) is 5.32. The Balaban J connectivity index is 1.33. The van der Waals surface area contributed by atoms with E-state index in [0.29, 0.717) is 18.7 Å². The molecule has 0 bridgehead atoms. The molecule has 7 heteroatoms. The molecule has 0 saturated carbocycles. The van der Waals surface area contributed by atoms with E-state index in [0.717, 1.165) is 31.7 Å². The van der Waals surface area contributed by atoms with Crippen molar-refractivity contribution in [2.24, 2.45) is 5.16 Å². The van der Waals surface area contributed by atoms with Crippen LogP contribution in [0.25, 0.3) is 0 Å². The fourth-order valence-electron chi connectivity index (χ4n) is 3.73. The van der Waals surface area contributed by atoms with Gasteiger partial charge in [-0.1, -0.05) is 11.2 Å². The third kappa shape index (κ3) is 4.04. The van der Waals surface area contributed by atoms with Gasteiger partial charge in [0.05, 0.1) is 12.2 Å². The van der Waals surface area contributed by atoms with Gasteiger partial charge in [-0.3, -0.25) is 14.7 Å². The van der Waals surface area contributed by atoms with Gasteiger partial charge in [-0.05, 0) is 31.2 Å². The molecule has 0 radical (unpaired) electrons. The van der Waals surface area contributed by atoms with Crippen LogP contribution in [-0.4, -0.2) is 52.1 Å². The summed E-state index contributed by atoms with van der Waals surface area (Å²) in [4.78, 5) is 29.6. The average Bonchev–Trinajstić information content (AvgIpc) is 3.37. The van der Waals surface area contributed by atoms with Crippen molar-refractivity contribution < 1.29 is 9.63 Å². The normalized spacial score (nSPS) is 22.1. The molecule has 0 N–H and O–H groups in total. The number of hydrogen-bond donors (Lipinski definition) is 0. The molecule has 0 aromatic carbocycles. The summed E-state index contributed by atoms with van der Waals surface area (Å²) in [6.07, 6.45) is 3.22. The number of thiophene rings is 1. The number of oxime groups is 1. The van der Waals surface area contributed by atoms with Crippen LogP contribution in [0.2, 0.25) is 0 Å². The van der Waals surface area contributed by atoms with E-state index in [1.165, 1.54) is 9.75 Å². The number of aryl methyl sites for hydroxylation is 1. The van der Waals surface area contributed by atoms with E-state index in [2.05, 4.69) is 34.1 Å². The Kier molecular flexibility index (Phi) is 4.97. The van der Waals surface area contributed by atoms with Crippen molar-refractivity contribution in [1.29, 1.82) is 0 Å². The molecule has 2 aliphatic rings. The first-order valence-corrected chi connectivity index (χ1v) is 10.0. The highest BCUT2D eigenvalue weighted by molar-refractivity contribution is 7.11. The number of pyridine rings is 1. The molecule has 0 aliphatic carbocycles. The molecule has 4 rings (SSSR count).